The zero-order chi connectivity index (χ0) is 16.1. The van der Waals surface area contributed by atoms with Gasteiger partial charge in [-0.25, -0.2) is 0 Å². The summed E-state index contributed by atoms with van der Waals surface area (Å²) in [5.74, 6) is 0.611. The summed E-state index contributed by atoms with van der Waals surface area (Å²) in [7, 11) is 1.58. The van der Waals surface area contributed by atoms with Crippen LogP contribution in [-0.2, 0) is 11.2 Å². The van der Waals surface area contributed by atoms with E-state index in [4.69, 9.17) is 16.3 Å². The molecular weight excluding hydrogens is 298 g/mol. The molecule has 1 amide bonds. The van der Waals surface area contributed by atoms with Crippen LogP contribution < -0.4 is 10.1 Å². The summed E-state index contributed by atoms with van der Waals surface area (Å²) in [4.78, 5) is 12.1. The van der Waals surface area contributed by atoms with Crippen molar-refractivity contribution in [1.29, 1.82) is 0 Å². The highest BCUT2D eigenvalue weighted by Crippen LogP contribution is 2.28. The molecule has 0 aliphatic carbocycles. The second-order valence-electron chi connectivity index (χ2n) is 5.30. The van der Waals surface area contributed by atoms with E-state index in [0.29, 0.717) is 23.6 Å². The Bertz CT molecular complexity index is 683. The predicted molar refractivity (Wildman–Crippen MR) is 90.9 cm³/mol. The van der Waals surface area contributed by atoms with Crippen LogP contribution in [0.25, 0.3) is 0 Å². The average molecular weight is 318 g/mol. The fourth-order valence-corrected chi connectivity index (χ4v) is 2.62. The number of amides is 1. The summed E-state index contributed by atoms with van der Waals surface area (Å²) in [6.45, 7) is 4.02. The molecule has 0 bridgehead atoms. The number of aryl methyl sites for hydroxylation is 3. The summed E-state index contributed by atoms with van der Waals surface area (Å²) in [6.07, 6.45) is 0.951. The minimum atomic E-state index is -0.0224. The van der Waals surface area contributed by atoms with Crippen molar-refractivity contribution in [2.75, 3.05) is 12.4 Å². The van der Waals surface area contributed by atoms with Gasteiger partial charge in [0.1, 0.15) is 5.75 Å². The maximum absolute atomic E-state index is 12.1. The predicted octanol–water partition coefficient (Wildman–Crippen LogP) is 4.54. The molecule has 1 N–H and O–H groups in total. The summed E-state index contributed by atoms with van der Waals surface area (Å²) in [6, 6.07) is 11.6. The van der Waals surface area contributed by atoms with Crippen molar-refractivity contribution in [1.82, 2.24) is 0 Å². The first-order valence-electron chi connectivity index (χ1n) is 7.19. The van der Waals surface area contributed by atoms with Crippen LogP contribution >= 0.6 is 11.6 Å². The van der Waals surface area contributed by atoms with E-state index < -0.39 is 0 Å². The number of anilines is 1. The molecule has 3 nitrogen and oxygen atoms in total. The van der Waals surface area contributed by atoms with Gasteiger partial charge in [0.2, 0.25) is 5.91 Å². The van der Waals surface area contributed by atoms with E-state index in [9.17, 15) is 4.79 Å². The smallest absolute Gasteiger partial charge is 0.224 e. The number of carbonyl (C=O) groups excluding carboxylic acids is 1. The lowest BCUT2D eigenvalue weighted by Crippen LogP contribution is -2.13. The molecular formula is C18H20ClNO2. The van der Waals surface area contributed by atoms with Crippen LogP contribution in [0.2, 0.25) is 5.02 Å². The number of nitrogens with one attached hydrogen (secondary N) is 1. The Labute approximate surface area is 136 Å². The van der Waals surface area contributed by atoms with Gasteiger partial charge in [0.05, 0.1) is 12.1 Å². The maximum atomic E-state index is 12.1. The highest BCUT2D eigenvalue weighted by molar-refractivity contribution is 6.32. The number of benzene rings is 2. The van der Waals surface area contributed by atoms with Crippen LogP contribution in [0.1, 0.15) is 23.1 Å². The highest BCUT2D eigenvalue weighted by atomic mass is 35.5. The van der Waals surface area contributed by atoms with Gasteiger partial charge in [-0.2, -0.15) is 0 Å². The van der Waals surface area contributed by atoms with Crippen molar-refractivity contribution in [2.24, 2.45) is 0 Å². The van der Waals surface area contributed by atoms with Crippen molar-refractivity contribution < 1.29 is 9.53 Å². The Morgan fingerprint density at radius 2 is 2.00 bits per heavy atom. The molecule has 2 aromatic rings. The zero-order valence-electron chi connectivity index (χ0n) is 13.1. The van der Waals surface area contributed by atoms with Crippen molar-refractivity contribution in [3.63, 3.8) is 0 Å². The Morgan fingerprint density at radius 1 is 1.23 bits per heavy atom. The van der Waals surface area contributed by atoms with Gasteiger partial charge in [0.15, 0.2) is 0 Å². The Kier molecular flexibility index (Phi) is 5.45. The van der Waals surface area contributed by atoms with E-state index in [-0.39, 0.29) is 5.91 Å². The molecule has 0 aromatic heterocycles. The van der Waals surface area contributed by atoms with Crippen LogP contribution in [0, 0.1) is 13.8 Å². The third-order valence-electron chi connectivity index (χ3n) is 3.54. The van der Waals surface area contributed by atoms with Gasteiger partial charge in [0, 0.05) is 12.1 Å². The van der Waals surface area contributed by atoms with E-state index in [0.717, 1.165) is 16.8 Å². The van der Waals surface area contributed by atoms with E-state index in [2.05, 4.69) is 11.4 Å². The first kappa shape index (κ1) is 16.4. The molecule has 0 spiro atoms. The zero-order valence-corrected chi connectivity index (χ0v) is 13.8. The van der Waals surface area contributed by atoms with E-state index in [1.165, 1.54) is 5.56 Å². The molecule has 116 valence electrons. The van der Waals surface area contributed by atoms with Gasteiger partial charge in [0.25, 0.3) is 0 Å². The number of hydrogen-bond donors (Lipinski definition) is 1. The van der Waals surface area contributed by atoms with Crippen molar-refractivity contribution in [3.8, 4) is 5.75 Å². The van der Waals surface area contributed by atoms with Crippen LogP contribution in [0.5, 0.6) is 5.75 Å². The summed E-state index contributed by atoms with van der Waals surface area (Å²) in [5.41, 5.74) is 4.01. The van der Waals surface area contributed by atoms with Crippen molar-refractivity contribution in [3.05, 3.63) is 58.1 Å². The largest absolute Gasteiger partial charge is 0.495 e. The lowest BCUT2D eigenvalue weighted by molar-refractivity contribution is -0.116. The fraction of sp³-hybridized carbons (Fsp3) is 0.278. The number of ether oxygens (including phenoxy) is 1. The molecule has 0 saturated carbocycles. The SMILES string of the molecule is COc1cccc(CCC(=O)Nc2ccc(C)cc2C)c1Cl. The molecule has 0 aliphatic heterocycles. The molecule has 0 unspecified atom stereocenters. The molecule has 0 fully saturated rings. The van der Waals surface area contributed by atoms with E-state index in [1.54, 1.807) is 7.11 Å². The van der Waals surface area contributed by atoms with Gasteiger partial charge in [-0.1, -0.05) is 41.4 Å². The van der Waals surface area contributed by atoms with Gasteiger partial charge >= 0.3 is 0 Å². The number of rotatable bonds is 5. The Balaban J connectivity index is 1.98. The molecule has 2 aromatic carbocycles. The minimum absolute atomic E-state index is 0.0224. The maximum Gasteiger partial charge on any atom is 0.224 e. The van der Waals surface area contributed by atoms with Crippen LogP contribution in [0.15, 0.2) is 36.4 Å². The van der Waals surface area contributed by atoms with Crippen LogP contribution in [0.4, 0.5) is 5.69 Å². The van der Waals surface area contributed by atoms with Crippen LogP contribution in [-0.4, -0.2) is 13.0 Å². The molecule has 4 heteroatoms. The van der Waals surface area contributed by atoms with E-state index >= 15 is 0 Å². The normalized spacial score (nSPS) is 10.4. The van der Waals surface area contributed by atoms with Gasteiger partial charge < -0.3 is 10.1 Å². The van der Waals surface area contributed by atoms with E-state index in [1.807, 2.05) is 44.2 Å². The first-order chi connectivity index (χ1) is 10.5. The average Bonchev–Trinajstić information content (AvgIpc) is 2.49. The number of methoxy groups -OCH3 is 1. The van der Waals surface area contributed by atoms with Crippen LogP contribution in [0.3, 0.4) is 0 Å². The summed E-state index contributed by atoms with van der Waals surface area (Å²) >= 11 is 6.24. The van der Waals surface area contributed by atoms with Gasteiger partial charge in [-0.05, 0) is 43.5 Å². The second-order valence-corrected chi connectivity index (χ2v) is 5.68. The third-order valence-corrected chi connectivity index (χ3v) is 3.97. The third kappa shape index (κ3) is 4.01. The molecule has 0 aliphatic rings. The topological polar surface area (TPSA) is 38.3 Å². The number of halogens is 1. The van der Waals surface area contributed by atoms with Gasteiger partial charge in [-0.15, -0.1) is 0 Å². The summed E-state index contributed by atoms with van der Waals surface area (Å²) in [5, 5.41) is 3.52. The molecule has 0 heterocycles. The Morgan fingerprint density at radius 3 is 2.68 bits per heavy atom. The quantitative estimate of drug-likeness (QED) is 0.879. The highest BCUT2D eigenvalue weighted by Gasteiger charge is 2.10. The first-order valence-corrected chi connectivity index (χ1v) is 7.57. The molecule has 0 atom stereocenters. The number of carbonyl (C=O) groups is 1. The summed E-state index contributed by atoms with van der Waals surface area (Å²) < 4.78 is 5.18. The molecule has 0 radical (unpaired) electrons. The van der Waals surface area contributed by atoms with Gasteiger partial charge in [-0.3, -0.25) is 4.79 Å². The lowest BCUT2D eigenvalue weighted by Gasteiger charge is -2.10. The Hall–Kier alpha value is -2.00. The minimum Gasteiger partial charge on any atom is -0.495 e. The molecule has 2 rings (SSSR count). The second kappa shape index (κ2) is 7.32. The molecule has 0 saturated heterocycles. The van der Waals surface area contributed by atoms with Crippen molar-refractivity contribution >= 4 is 23.2 Å². The van der Waals surface area contributed by atoms with Crippen molar-refractivity contribution in [2.45, 2.75) is 26.7 Å². The fourth-order valence-electron chi connectivity index (χ4n) is 2.32. The standard InChI is InChI=1S/C18H20ClNO2/c1-12-7-9-15(13(2)11-12)20-17(21)10-8-14-5-4-6-16(22-3)18(14)19/h4-7,9,11H,8,10H2,1-3H3,(H,20,21). The number of hydrogen-bond acceptors (Lipinski definition) is 2. The monoisotopic (exact) mass is 317 g/mol. The lowest BCUT2D eigenvalue weighted by atomic mass is 10.1. The molecule has 22 heavy (non-hydrogen) atoms.